The number of rotatable bonds is 1. The number of carbonyl (C=O) groups excluding carboxylic acids is 1. The Morgan fingerprint density at radius 3 is 2.83 bits per heavy atom. The van der Waals surface area contributed by atoms with Crippen LogP contribution in [0.15, 0.2) is 0 Å². The minimum absolute atomic E-state index is 0.258. The number of esters is 1. The quantitative estimate of drug-likeness (QED) is 0.605. The molecule has 0 heterocycles. The molecule has 0 amide bonds. The van der Waals surface area contributed by atoms with Crippen molar-refractivity contribution >= 4 is 5.97 Å². The Kier molecular flexibility index (Phi) is 2.73. The molecule has 1 aliphatic carbocycles. The highest BCUT2D eigenvalue weighted by Crippen LogP contribution is 2.31. The summed E-state index contributed by atoms with van der Waals surface area (Å²) in [5.74, 6) is -0.258. The van der Waals surface area contributed by atoms with E-state index in [0.717, 1.165) is 19.3 Å². The highest BCUT2D eigenvalue weighted by atomic mass is 16.6. The number of carbonyl (C=O) groups is 1. The molecule has 70 valence electrons. The van der Waals surface area contributed by atoms with Gasteiger partial charge < -0.3 is 9.84 Å². The zero-order chi connectivity index (χ0) is 9.19. The van der Waals surface area contributed by atoms with Crippen molar-refractivity contribution in [2.75, 3.05) is 0 Å². The van der Waals surface area contributed by atoms with Gasteiger partial charge in [-0.15, -0.1) is 0 Å². The van der Waals surface area contributed by atoms with Crippen LogP contribution in [0.3, 0.4) is 0 Å². The van der Waals surface area contributed by atoms with Gasteiger partial charge in [0.05, 0.1) is 6.10 Å². The van der Waals surface area contributed by atoms with Gasteiger partial charge in [-0.3, -0.25) is 4.79 Å². The Bertz CT molecular complexity index is 179. The smallest absolute Gasteiger partial charge is 0.303 e. The van der Waals surface area contributed by atoms with Crippen molar-refractivity contribution in [3.05, 3.63) is 0 Å². The van der Waals surface area contributed by atoms with Crippen molar-refractivity contribution in [3.8, 4) is 0 Å². The molecule has 1 fully saturated rings. The summed E-state index contributed by atoms with van der Waals surface area (Å²) in [4.78, 5) is 10.7. The third kappa shape index (κ3) is 2.48. The van der Waals surface area contributed by atoms with Gasteiger partial charge in [0.2, 0.25) is 0 Å². The van der Waals surface area contributed by atoms with Crippen molar-refractivity contribution in [2.45, 2.75) is 51.2 Å². The van der Waals surface area contributed by atoms with E-state index >= 15 is 0 Å². The molecule has 1 aliphatic rings. The van der Waals surface area contributed by atoms with Crippen LogP contribution in [-0.4, -0.2) is 22.8 Å². The zero-order valence-electron chi connectivity index (χ0n) is 7.67. The summed E-state index contributed by atoms with van der Waals surface area (Å²) in [5.41, 5.74) is -0.427. The minimum Gasteiger partial charge on any atom is -0.459 e. The predicted octanol–water partition coefficient (Wildman–Crippen LogP) is 1.24. The molecule has 1 saturated carbocycles. The lowest BCUT2D eigenvalue weighted by molar-refractivity contribution is -0.161. The van der Waals surface area contributed by atoms with E-state index in [1.165, 1.54) is 6.92 Å². The van der Waals surface area contributed by atoms with Gasteiger partial charge in [-0.25, -0.2) is 0 Å². The van der Waals surface area contributed by atoms with E-state index in [2.05, 4.69) is 0 Å². The number of hydrogen-bond acceptors (Lipinski definition) is 3. The van der Waals surface area contributed by atoms with Gasteiger partial charge in [0, 0.05) is 13.3 Å². The second-order valence-electron chi connectivity index (χ2n) is 3.79. The van der Waals surface area contributed by atoms with E-state index in [0.29, 0.717) is 6.42 Å². The second-order valence-corrected chi connectivity index (χ2v) is 3.79. The summed E-state index contributed by atoms with van der Waals surface area (Å²) in [6.07, 6.45) is 2.90. The molecule has 0 radical (unpaired) electrons. The van der Waals surface area contributed by atoms with Crippen LogP contribution in [0.25, 0.3) is 0 Å². The molecule has 2 atom stereocenters. The van der Waals surface area contributed by atoms with E-state index in [4.69, 9.17) is 4.74 Å². The van der Waals surface area contributed by atoms with Gasteiger partial charge in [-0.05, 0) is 26.2 Å². The van der Waals surface area contributed by atoms with E-state index in [1.807, 2.05) is 6.92 Å². The molecule has 0 aliphatic heterocycles. The normalized spacial score (nSPS) is 36.1. The first-order valence-corrected chi connectivity index (χ1v) is 4.39. The zero-order valence-corrected chi connectivity index (χ0v) is 7.67. The first-order valence-electron chi connectivity index (χ1n) is 4.39. The Balaban J connectivity index is 2.51. The van der Waals surface area contributed by atoms with Gasteiger partial charge in [-0.1, -0.05) is 0 Å². The molecule has 1 rings (SSSR count). The van der Waals surface area contributed by atoms with Crippen molar-refractivity contribution < 1.29 is 14.6 Å². The standard InChI is InChI=1S/C9H16O3/c1-7(10)12-9(2)5-3-4-8(11)6-9/h8,11H,3-6H2,1-2H3. The second kappa shape index (κ2) is 3.44. The lowest BCUT2D eigenvalue weighted by Crippen LogP contribution is -2.38. The first-order chi connectivity index (χ1) is 5.52. The lowest BCUT2D eigenvalue weighted by Gasteiger charge is -2.35. The minimum atomic E-state index is -0.427. The van der Waals surface area contributed by atoms with Crippen LogP contribution in [0.1, 0.15) is 39.5 Å². The van der Waals surface area contributed by atoms with Crippen molar-refractivity contribution in [1.29, 1.82) is 0 Å². The van der Waals surface area contributed by atoms with Crippen LogP contribution in [-0.2, 0) is 9.53 Å². The van der Waals surface area contributed by atoms with Gasteiger partial charge >= 0.3 is 5.97 Å². The molecular formula is C9H16O3. The molecule has 0 bridgehead atoms. The third-order valence-electron chi connectivity index (χ3n) is 2.30. The summed E-state index contributed by atoms with van der Waals surface area (Å²) in [7, 11) is 0. The van der Waals surface area contributed by atoms with Gasteiger partial charge in [0.15, 0.2) is 0 Å². The summed E-state index contributed by atoms with van der Waals surface area (Å²) >= 11 is 0. The fraction of sp³-hybridized carbons (Fsp3) is 0.889. The van der Waals surface area contributed by atoms with Crippen molar-refractivity contribution in [3.63, 3.8) is 0 Å². The highest BCUT2D eigenvalue weighted by Gasteiger charge is 2.33. The molecule has 0 aromatic carbocycles. The molecule has 2 unspecified atom stereocenters. The van der Waals surface area contributed by atoms with Crippen LogP contribution in [0.5, 0.6) is 0 Å². The molecule has 3 nitrogen and oxygen atoms in total. The maximum absolute atomic E-state index is 10.7. The van der Waals surface area contributed by atoms with E-state index in [-0.39, 0.29) is 12.1 Å². The van der Waals surface area contributed by atoms with Crippen LogP contribution in [0, 0.1) is 0 Å². The van der Waals surface area contributed by atoms with E-state index < -0.39 is 5.60 Å². The summed E-state index contributed by atoms with van der Waals surface area (Å²) in [6, 6.07) is 0. The first kappa shape index (κ1) is 9.52. The van der Waals surface area contributed by atoms with Gasteiger partial charge in [-0.2, -0.15) is 0 Å². The monoisotopic (exact) mass is 172 g/mol. The topological polar surface area (TPSA) is 46.5 Å². The van der Waals surface area contributed by atoms with Crippen molar-refractivity contribution in [1.82, 2.24) is 0 Å². The van der Waals surface area contributed by atoms with E-state index in [9.17, 15) is 9.90 Å². The Morgan fingerprint density at radius 1 is 1.67 bits per heavy atom. The summed E-state index contributed by atoms with van der Waals surface area (Å²) < 4.78 is 5.15. The molecule has 0 aromatic rings. The molecule has 0 aromatic heterocycles. The van der Waals surface area contributed by atoms with E-state index in [1.54, 1.807) is 0 Å². The molecular weight excluding hydrogens is 156 g/mol. The molecule has 0 spiro atoms. The summed E-state index contributed by atoms with van der Waals surface area (Å²) in [6.45, 7) is 3.29. The fourth-order valence-electron chi connectivity index (χ4n) is 1.85. The molecule has 12 heavy (non-hydrogen) atoms. The maximum atomic E-state index is 10.7. The number of hydrogen-bond donors (Lipinski definition) is 1. The van der Waals surface area contributed by atoms with Crippen LogP contribution < -0.4 is 0 Å². The molecule has 3 heteroatoms. The highest BCUT2D eigenvalue weighted by molar-refractivity contribution is 5.66. The van der Waals surface area contributed by atoms with Crippen LogP contribution in [0.4, 0.5) is 0 Å². The summed E-state index contributed by atoms with van der Waals surface area (Å²) in [5, 5.41) is 9.37. The van der Waals surface area contributed by atoms with Crippen LogP contribution >= 0.6 is 0 Å². The predicted molar refractivity (Wildman–Crippen MR) is 44.6 cm³/mol. The van der Waals surface area contributed by atoms with Gasteiger partial charge in [0.25, 0.3) is 0 Å². The third-order valence-corrected chi connectivity index (χ3v) is 2.30. The Labute approximate surface area is 72.7 Å². The number of aliphatic hydroxyl groups is 1. The SMILES string of the molecule is CC(=O)OC1(C)CCCC(O)C1. The Hall–Kier alpha value is -0.570. The van der Waals surface area contributed by atoms with Crippen LogP contribution in [0.2, 0.25) is 0 Å². The Morgan fingerprint density at radius 2 is 2.33 bits per heavy atom. The molecule has 1 N–H and O–H groups in total. The fourth-order valence-corrected chi connectivity index (χ4v) is 1.85. The average Bonchev–Trinajstić information content (AvgIpc) is 1.82. The lowest BCUT2D eigenvalue weighted by atomic mass is 9.84. The van der Waals surface area contributed by atoms with Crippen molar-refractivity contribution in [2.24, 2.45) is 0 Å². The largest absolute Gasteiger partial charge is 0.459 e. The molecule has 0 saturated heterocycles. The van der Waals surface area contributed by atoms with Gasteiger partial charge in [0.1, 0.15) is 5.60 Å². The number of aliphatic hydroxyl groups excluding tert-OH is 1. The average molecular weight is 172 g/mol. The maximum Gasteiger partial charge on any atom is 0.303 e. The number of ether oxygens (including phenoxy) is 1.